The fraction of sp³-hybridized carbons (Fsp3) is 0.562. The van der Waals surface area contributed by atoms with Gasteiger partial charge in [-0.05, 0) is 49.0 Å². The molecule has 0 unspecified atom stereocenters. The number of hydrogen-bond donors (Lipinski definition) is 3. The number of carbonyl (C=O) groups excluding carboxylic acids is 1. The lowest BCUT2D eigenvalue weighted by atomic mass is 10.0. The minimum atomic E-state index is 0.0898. The molecule has 1 heterocycles. The number of thioether (sulfide) groups is 1. The molecule has 5 heteroatoms. The van der Waals surface area contributed by atoms with Crippen LogP contribution in [0.15, 0.2) is 12.1 Å². The van der Waals surface area contributed by atoms with Crippen molar-refractivity contribution in [3.05, 3.63) is 17.7 Å². The topological polar surface area (TPSA) is 67.1 Å². The summed E-state index contributed by atoms with van der Waals surface area (Å²) < 4.78 is 0. The lowest BCUT2D eigenvalue weighted by Gasteiger charge is -2.19. The Morgan fingerprint density at radius 2 is 2.05 bits per heavy atom. The molecule has 0 bridgehead atoms. The lowest BCUT2D eigenvalue weighted by Crippen LogP contribution is -2.19. The number of unbranched alkanes of at least 4 members (excludes halogenated alkanes) is 3. The van der Waals surface area contributed by atoms with E-state index in [4.69, 9.17) is 5.73 Å². The molecule has 4 nitrogen and oxygen atoms in total. The van der Waals surface area contributed by atoms with E-state index < -0.39 is 0 Å². The van der Waals surface area contributed by atoms with Gasteiger partial charge in [0.1, 0.15) is 0 Å². The number of hydrogen-bond acceptors (Lipinski definition) is 4. The number of nitrogens with one attached hydrogen (secondary N) is 2. The molecule has 0 atom stereocenters. The van der Waals surface area contributed by atoms with Crippen molar-refractivity contribution in [2.24, 2.45) is 0 Å². The second kappa shape index (κ2) is 8.17. The second-order valence-corrected chi connectivity index (χ2v) is 6.46. The molecule has 1 aliphatic rings. The summed E-state index contributed by atoms with van der Waals surface area (Å²) in [7, 11) is 0. The maximum Gasteiger partial charge on any atom is 0.224 e. The van der Waals surface area contributed by atoms with Crippen LogP contribution in [0.2, 0.25) is 0 Å². The number of benzene rings is 1. The van der Waals surface area contributed by atoms with Crippen molar-refractivity contribution in [3.63, 3.8) is 0 Å². The van der Waals surface area contributed by atoms with Crippen LogP contribution in [0.3, 0.4) is 0 Å². The number of rotatable bonds is 8. The quantitative estimate of drug-likeness (QED) is 0.508. The first-order chi connectivity index (χ1) is 10.2. The van der Waals surface area contributed by atoms with Crippen LogP contribution in [-0.2, 0) is 11.2 Å². The van der Waals surface area contributed by atoms with E-state index in [-0.39, 0.29) is 5.91 Å². The number of aryl methyl sites for hydroxylation is 1. The smallest absolute Gasteiger partial charge is 0.224 e. The molecule has 1 aromatic carbocycles. The SMILES string of the molecule is CSCCCCCCNc1cc2c(cc1N)CCC(=O)N2. The van der Waals surface area contributed by atoms with Gasteiger partial charge in [0.2, 0.25) is 5.91 Å². The third-order valence-corrected chi connectivity index (χ3v) is 4.46. The van der Waals surface area contributed by atoms with Crippen molar-refractivity contribution in [2.75, 3.05) is 34.9 Å². The van der Waals surface area contributed by atoms with E-state index in [0.717, 1.165) is 42.0 Å². The molecule has 4 N–H and O–H groups in total. The van der Waals surface area contributed by atoms with Crippen LogP contribution in [0.4, 0.5) is 17.1 Å². The number of fused-ring (bicyclic) bond motifs is 1. The Morgan fingerprint density at radius 1 is 1.24 bits per heavy atom. The Bertz CT molecular complexity index is 491. The molecule has 0 radical (unpaired) electrons. The van der Waals surface area contributed by atoms with E-state index in [1.54, 1.807) is 0 Å². The van der Waals surface area contributed by atoms with Gasteiger partial charge in [-0.3, -0.25) is 4.79 Å². The zero-order chi connectivity index (χ0) is 15.1. The van der Waals surface area contributed by atoms with E-state index in [2.05, 4.69) is 16.9 Å². The first-order valence-electron chi connectivity index (χ1n) is 7.66. The number of carbonyl (C=O) groups is 1. The van der Waals surface area contributed by atoms with Crippen molar-refractivity contribution in [1.82, 2.24) is 0 Å². The van der Waals surface area contributed by atoms with Crippen LogP contribution < -0.4 is 16.4 Å². The molecule has 1 amide bonds. The molecule has 0 saturated carbocycles. The molecule has 21 heavy (non-hydrogen) atoms. The Labute approximate surface area is 131 Å². The maximum atomic E-state index is 11.4. The minimum absolute atomic E-state index is 0.0898. The monoisotopic (exact) mass is 307 g/mol. The molecule has 0 saturated heterocycles. The predicted molar refractivity (Wildman–Crippen MR) is 93.1 cm³/mol. The Kier molecular flexibility index (Phi) is 6.23. The Hall–Kier alpha value is -1.36. The third-order valence-electron chi connectivity index (χ3n) is 3.76. The van der Waals surface area contributed by atoms with E-state index in [1.807, 2.05) is 23.9 Å². The van der Waals surface area contributed by atoms with Gasteiger partial charge in [0.05, 0.1) is 11.4 Å². The van der Waals surface area contributed by atoms with Gasteiger partial charge < -0.3 is 16.4 Å². The zero-order valence-electron chi connectivity index (χ0n) is 12.7. The summed E-state index contributed by atoms with van der Waals surface area (Å²) in [6, 6.07) is 3.95. The molecule has 0 spiro atoms. The van der Waals surface area contributed by atoms with Crippen LogP contribution in [0.25, 0.3) is 0 Å². The number of amides is 1. The molecular weight excluding hydrogens is 282 g/mol. The van der Waals surface area contributed by atoms with Crippen LogP contribution in [0.1, 0.15) is 37.7 Å². The van der Waals surface area contributed by atoms with Gasteiger partial charge in [-0.15, -0.1) is 0 Å². The molecule has 116 valence electrons. The average molecular weight is 307 g/mol. The largest absolute Gasteiger partial charge is 0.397 e. The summed E-state index contributed by atoms with van der Waals surface area (Å²) >= 11 is 1.91. The number of nitrogen functional groups attached to an aromatic ring is 1. The van der Waals surface area contributed by atoms with Gasteiger partial charge in [0.15, 0.2) is 0 Å². The highest BCUT2D eigenvalue weighted by Gasteiger charge is 2.16. The Morgan fingerprint density at radius 3 is 2.86 bits per heavy atom. The summed E-state index contributed by atoms with van der Waals surface area (Å²) in [5.74, 6) is 1.34. The van der Waals surface area contributed by atoms with Gasteiger partial charge in [-0.1, -0.05) is 12.8 Å². The molecule has 0 aliphatic carbocycles. The standard InChI is InChI=1S/C16H25N3OS/c1-21-9-5-3-2-4-8-18-15-11-14-12(10-13(15)17)6-7-16(20)19-14/h10-11,18H,2-9,17H2,1H3,(H,19,20). The highest BCUT2D eigenvalue weighted by atomic mass is 32.2. The van der Waals surface area contributed by atoms with Crippen molar-refractivity contribution in [1.29, 1.82) is 0 Å². The van der Waals surface area contributed by atoms with Crippen LogP contribution in [-0.4, -0.2) is 24.5 Å². The number of nitrogens with two attached hydrogens (primary N) is 1. The summed E-state index contributed by atoms with van der Waals surface area (Å²) in [5, 5.41) is 6.30. The van der Waals surface area contributed by atoms with Gasteiger partial charge in [0.25, 0.3) is 0 Å². The molecule has 1 aliphatic heterocycles. The first kappa shape index (κ1) is 16.0. The van der Waals surface area contributed by atoms with E-state index in [9.17, 15) is 4.79 Å². The van der Waals surface area contributed by atoms with Crippen LogP contribution in [0.5, 0.6) is 0 Å². The third kappa shape index (κ3) is 4.84. The molecule has 0 aromatic heterocycles. The summed E-state index contributed by atoms with van der Waals surface area (Å²) in [5.41, 5.74) is 9.82. The van der Waals surface area contributed by atoms with E-state index in [1.165, 1.54) is 25.0 Å². The highest BCUT2D eigenvalue weighted by Crippen LogP contribution is 2.31. The fourth-order valence-electron chi connectivity index (χ4n) is 2.55. The van der Waals surface area contributed by atoms with Crippen LogP contribution in [0, 0.1) is 0 Å². The summed E-state index contributed by atoms with van der Waals surface area (Å²) in [6.07, 6.45) is 8.47. The van der Waals surface area contributed by atoms with Crippen molar-refractivity contribution in [2.45, 2.75) is 38.5 Å². The number of anilines is 3. The summed E-state index contributed by atoms with van der Waals surface area (Å²) in [4.78, 5) is 11.4. The van der Waals surface area contributed by atoms with Crippen molar-refractivity contribution >= 4 is 34.7 Å². The van der Waals surface area contributed by atoms with Crippen LogP contribution >= 0.6 is 11.8 Å². The fourth-order valence-corrected chi connectivity index (χ4v) is 3.04. The molecule has 0 fully saturated rings. The van der Waals surface area contributed by atoms with Gasteiger partial charge in [-0.25, -0.2) is 0 Å². The van der Waals surface area contributed by atoms with Gasteiger partial charge in [-0.2, -0.15) is 11.8 Å². The van der Waals surface area contributed by atoms with E-state index >= 15 is 0 Å². The Balaban J connectivity index is 1.80. The minimum Gasteiger partial charge on any atom is -0.397 e. The normalized spacial score (nSPS) is 13.7. The molecule has 1 aromatic rings. The average Bonchev–Trinajstić information content (AvgIpc) is 2.47. The van der Waals surface area contributed by atoms with Gasteiger partial charge >= 0.3 is 0 Å². The maximum absolute atomic E-state index is 11.4. The zero-order valence-corrected chi connectivity index (χ0v) is 13.5. The lowest BCUT2D eigenvalue weighted by molar-refractivity contribution is -0.116. The first-order valence-corrected chi connectivity index (χ1v) is 9.05. The summed E-state index contributed by atoms with van der Waals surface area (Å²) in [6.45, 7) is 0.927. The van der Waals surface area contributed by atoms with E-state index in [0.29, 0.717) is 6.42 Å². The van der Waals surface area contributed by atoms with Gasteiger partial charge in [0, 0.05) is 18.7 Å². The highest BCUT2D eigenvalue weighted by molar-refractivity contribution is 7.98. The van der Waals surface area contributed by atoms with Crippen molar-refractivity contribution < 1.29 is 4.79 Å². The van der Waals surface area contributed by atoms with Crippen molar-refractivity contribution in [3.8, 4) is 0 Å². The second-order valence-electron chi connectivity index (χ2n) is 5.48. The molecular formula is C16H25N3OS. The molecule has 2 rings (SSSR count). The predicted octanol–water partition coefficient (Wildman–Crippen LogP) is 3.49.